The predicted molar refractivity (Wildman–Crippen MR) is 162 cm³/mol. The maximum Gasteiger partial charge on any atom is 0.273 e. The Hall–Kier alpha value is -4.01. The lowest BCUT2D eigenvalue weighted by molar-refractivity contribution is -0.126. The van der Waals surface area contributed by atoms with E-state index >= 15 is 4.39 Å². The molecule has 2 aromatic carbocycles. The summed E-state index contributed by atoms with van der Waals surface area (Å²) in [6, 6.07) is 13.3. The molecule has 6 rings (SSSR count). The average Bonchev–Trinajstić information content (AvgIpc) is 3.42. The number of nitrogens with zero attached hydrogens (tertiary/aromatic N) is 4. The standard InChI is InChI=1S/C34H37FN4O3/c1-4-22(2)31-19-30(33(41)38-14-11-24-7-5-6-8-27(24)23(38)3)36-32-17-25(12-15-39(31)32)28-10-9-26(18-29(28)35)37-16-13-34(42,20-37)21-40/h4-10,12,15,17-19,22-23,25,40,42H,1,11,13-14,16,20-21H2,2-3H3/t22?,23-,25?,34?/m1/s1. The van der Waals surface area contributed by atoms with Gasteiger partial charge in [-0.3, -0.25) is 4.79 Å². The van der Waals surface area contributed by atoms with Gasteiger partial charge < -0.3 is 24.9 Å². The Bertz CT molecular complexity index is 1540. The highest BCUT2D eigenvalue weighted by atomic mass is 19.1. The fourth-order valence-corrected chi connectivity index (χ4v) is 6.39. The molecule has 0 aliphatic carbocycles. The first-order chi connectivity index (χ1) is 20.2. The number of carbonyl (C=O) groups excluding carboxylic acids is 1. The summed E-state index contributed by atoms with van der Waals surface area (Å²) in [4.78, 5) is 24.4. The lowest BCUT2D eigenvalue weighted by Gasteiger charge is -2.37. The maximum atomic E-state index is 15.5. The molecule has 4 atom stereocenters. The van der Waals surface area contributed by atoms with Crippen molar-refractivity contribution >= 4 is 17.3 Å². The molecule has 2 N–H and O–H groups in total. The molecule has 7 nitrogen and oxygen atoms in total. The summed E-state index contributed by atoms with van der Waals surface area (Å²) in [6.07, 6.45) is 10.6. The van der Waals surface area contributed by atoms with Crippen LogP contribution in [0.15, 0.2) is 96.1 Å². The van der Waals surface area contributed by atoms with Crippen LogP contribution < -0.4 is 4.90 Å². The Morgan fingerprint density at radius 3 is 2.79 bits per heavy atom. The molecule has 0 aromatic heterocycles. The molecule has 0 radical (unpaired) electrons. The van der Waals surface area contributed by atoms with Crippen molar-refractivity contribution in [2.45, 2.75) is 44.2 Å². The third-order valence-electron chi connectivity index (χ3n) is 9.05. The second kappa shape index (κ2) is 11.0. The van der Waals surface area contributed by atoms with Crippen LogP contribution in [0.25, 0.3) is 0 Å². The minimum atomic E-state index is -1.16. The second-order valence-corrected chi connectivity index (χ2v) is 11.7. The van der Waals surface area contributed by atoms with E-state index in [2.05, 4.69) is 25.6 Å². The number of benzene rings is 2. The number of rotatable bonds is 6. The summed E-state index contributed by atoms with van der Waals surface area (Å²) in [5, 5.41) is 19.9. The SMILES string of the molecule is C=CC(C)C1=CC(C(=O)N2CCc3ccccc3[C@H]2C)=NC2=CC(c3ccc(N4CCC(O)(CO)C4)cc3F)C=CN21. The topological polar surface area (TPSA) is 79.6 Å². The normalized spacial score (nSPS) is 25.7. The van der Waals surface area contributed by atoms with Gasteiger partial charge in [-0.25, -0.2) is 9.38 Å². The molecule has 42 heavy (non-hydrogen) atoms. The van der Waals surface area contributed by atoms with Crippen LogP contribution in [0, 0.1) is 11.7 Å². The highest BCUT2D eigenvalue weighted by Crippen LogP contribution is 2.37. The summed E-state index contributed by atoms with van der Waals surface area (Å²) in [5.41, 5.74) is 3.68. The number of aliphatic hydroxyl groups excluding tert-OH is 1. The largest absolute Gasteiger partial charge is 0.393 e. The van der Waals surface area contributed by atoms with Crippen molar-refractivity contribution in [2.24, 2.45) is 10.9 Å². The lowest BCUT2D eigenvalue weighted by atomic mass is 9.92. The van der Waals surface area contributed by atoms with Crippen LogP contribution in [0.1, 0.15) is 48.9 Å². The van der Waals surface area contributed by atoms with Gasteiger partial charge in [-0.15, -0.1) is 6.58 Å². The Morgan fingerprint density at radius 1 is 1.24 bits per heavy atom. The summed E-state index contributed by atoms with van der Waals surface area (Å²) >= 11 is 0. The Labute approximate surface area is 246 Å². The van der Waals surface area contributed by atoms with Gasteiger partial charge in [-0.05, 0) is 60.7 Å². The summed E-state index contributed by atoms with van der Waals surface area (Å²) in [5.74, 6) is -0.322. The summed E-state index contributed by atoms with van der Waals surface area (Å²) < 4.78 is 15.5. The number of carbonyl (C=O) groups is 1. The van der Waals surface area contributed by atoms with Crippen molar-refractivity contribution in [1.82, 2.24) is 9.80 Å². The molecule has 3 unspecified atom stereocenters. The van der Waals surface area contributed by atoms with Gasteiger partial charge in [0.1, 0.15) is 23.0 Å². The maximum absolute atomic E-state index is 15.5. The van der Waals surface area contributed by atoms with Gasteiger partial charge in [0, 0.05) is 49.1 Å². The zero-order valence-corrected chi connectivity index (χ0v) is 24.1. The first-order valence-corrected chi connectivity index (χ1v) is 14.6. The predicted octanol–water partition coefficient (Wildman–Crippen LogP) is 4.82. The van der Waals surface area contributed by atoms with E-state index in [1.807, 2.05) is 70.3 Å². The van der Waals surface area contributed by atoms with Gasteiger partial charge in [0.2, 0.25) is 0 Å². The number of β-amino-alcohol motifs (C(OH)–C–C–N with tert-alkyl or cyclic N) is 1. The molecule has 4 heterocycles. The van der Waals surface area contributed by atoms with Crippen molar-refractivity contribution in [3.8, 4) is 0 Å². The van der Waals surface area contributed by atoms with Crippen LogP contribution in [0.4, 0.5) is 10.1 Å². The van der Waals surface area contributed by atoms with Gasteiger partial charge >= 0.3 is 0 Å². The Morgan fingerprint density at radius 2 is 2.05 bits per heavy atom. The van der Waals surface area contributed by atoms with Crippen molar-refractivity contribution in [3.05, 3.63) is 114 Å². The van der Waals surface area contributed by atoms with E-state index in [4.69, 9.17) is 4.99 Å². The summed E-state index contributed by atoms with van der Waals surface area (Å²) in [7, 11) is 0. The zero-order chi connectivity index (χ0) is 29.6. The molecule has 0 bridgehead atoms. The molecule has 1 fully saturated rings. The number of hydrogen-bond donors (Lipinski definition) is 2. The van der Waals surface area contributed by atoms with E-state index in [1.54, 1.807) is 6.07 Å². The van der Waals surface area contributed by atoms with E-state index in [-0.39, 0.29) is 42.8 Å². The van der Waals surface area contributed by atoms with Gasteiger partial charge in [0.25, 0.3) is 5.91 Å². The molecule has 1 saturated heterocycles. The molecule has 8 heteroatoms. The van der Waals surface area contributed by atoms with E-state index in [0.717, 1.165) is 17.7 Å². The molecule has 2 aromatic rings. The number of fused-ring (bicyclic) bond motifs is 2. The number of aliphatic hydroxyl groups is 2. The van der Waals surface area contributed by atoms with Crippen LogP contribution in [-0.2, 0) is 11.2 Å². The second-order valence-electron chi connectivity index (χ2n) is 11.7. The highest BCUT2D eigenvalue weighted by molar-refractivity contribution is 6.44. The van der Waals surface area contributed by atoms with Crippen LogP contribution in [0.3, 0.4) is 0 Å². The van der Waals surface area contributed by atoms with Gasteiger partial charge in [0.15, 0.2) is 0 Å². The first kappa shape index (κ1) is 28.1. The molecule has 1 amide bonds. The number of anilines is 1. The number of halogens is 1. The minimum absolute atomic E-state index is 0.0403. The van der Waals surface area contributed by atoms with E-state index in [1.165, 1.54) is 11.6 Å². The number of amides is 1. The monoisotopic (exact) mass is 568 g/mol. The van der Waals surface area contributed by atoms with Crippen LogP contribution >= 0.6 is 0 Å². The molecule has 0 spiro atoms. The van der Waals surface area contributed by atoms with Crippen LogP contribution in [0.2, 0.25) is 0 Å². The molecule has 4 aliphatic heterocycles. The summed E-state index contributed by atoms with van der Waals surface area (Å²) in [6.45, 7) is 9.15. The quantitative estimate of drug-likeness (QED) is 0.489. The average molecular weight is 569 g/mol. The van der Waals surface area contributed by atoms with Crippen molar-refractivity contribution < 1.29 is 19.4 Å². The van der Waals surface area contributed by atoms with Crippen molar-refractivity contribution in [2.75, 3.05) is 31.1 Å². The smallest absolute Gasteiger partial charge is 0.273 e. The number of hydrogen-bond acceptors (Lipinski definition) is 6. The van der Waals surface area contributed by atoms with Gasteiger partial charge in [-0.1, -0.05) is 49.4 Å². The van der Waals surface area contributed by atoms with Crippen LogP contribution in [0.5, 0.6) is 0 Å². The van der Waals surface area contributed by atoms with Gasteiger partial charge in [-0.2, -0.15) is 0 Å². The third-order valence-corrected chi connectivity index (χ3v) is 9.05. The first-order valence-electron chi connectivity index (χ1n) is 14.6. The van der Waals surface area contributed by atoms with E-state index in [0.29, 0.717) is 42.3 Å². The van der Waals surface area contributed by atoms with Crippen molar-refractivity contribution in [3.63, 3.8) is 0 Å². The fraction of sp³-hybridized carbons (Fsp3) is 0.353. The lowest BCUT2D eigenvalue weighted by Crippen LogP contribution is -2.43. The molecular formula is C34H37FN4O3. The molecule has 0 saturated carbocycles. The van der Waals surface area contributed by atoms with Crippen molar-refractivity contribution in [1.29, 1.82) is 0 Å². The zero-order valence-electron chi connectivity index (χ0n) is 24.1. The van der Waals surface area contributed by atoms with Gasteiger partial charge in [0.05, 0.1) is 12.6 Å². The van der Waals surface area contributed by atoms with Crippen LogP contribution in [-0.4, -0.2) is 63.5 Å². The molecule has 218 valence electrons. The number of aliphatic imine (C=N–C) groups is 1. The Balaban J connectivity index is 1.29. The van der Waals surface area contributed by atoms with E-state index < -0.39 is 5.60 Å². The van der Waals surface area contributed by atoms with E-state index in [9.17, 15) is 15.0 Å². The minimum Gasteiger partial charge on any atom is -0.393 e. The molecular weight excluding hydrogens is 531 g/mol. The third kappa shape index (κ3) is 4.99. The number of allylic oxidation sites excluding steroid dienone is 3. The molecule has 4 aliphatic rings. The highest BCUT2D eigenvalue weighted by Gasteiger charge is 2.36. The fourth-order valence-electron chi connectivity index (χ4n) is 6.39. The Kier molecular flexibility index (Phi) is 7.37.